The van der Waals surface area contributed by atoms with E-state index in [4.69, 9.17) is 14.2 Å². The van der Waals surface area contributed by atoms with E-state index in [2.05, 4.69) is 19.6 Å². The number of allylic oxidation sites excluding steroid dienone is 2. The van der Waals surface area contributed by atoms with Gasteiger partial charge in [-0.1, -0.05) is 31.3 Å². The minimum atomic E-state index is -1.40. The molecule has 1 rings (SSSR count). The summed E-state index contributed by atoms with van der Waals surface area (Å²) in [6.07, 6.45) is 4.60. The van der Waals surface area contributed by atoms with Gasteiger partial charge in [0.2, 0.25) is 0 Å². The highest BCUT2D eigenvalue weighted by Crippen LogP contribution is 2.36. The van der Waals surface area contributed by atoms with Gasteiger partial charge < -0.3 is 14.2 Å². The summed E-state index contributed by atoms with van der Waals surface area (Å²) < 4.78 is 15.2. The Morgan fingerprint density at radius 1 is 1.07 bits per heavy atom. The van der Waals surface area contributed by atoms with Gasteiger partial charge in [0.25, 0.3) is 0 Å². The predicted octanol–water partition coefficient (Wildman–Crippen LogP) is 3.65. The smallest absolute Gasteiger partial charge is 0.334 e. The lowest BCUT2D eigenvalue weighted by molar-refractivity contribution is -0.141. The molecule has 1 aliphatic carbocycles. The molecule has 0 aromatic heterocycles. The third-order valence-electron chi connectivity index (χ3n) is 4.25. The van der Waals surface area contributed by atoms with Gasteiger partial charge in [0, 0.05) is 39.0 Å². The van der Waals surface area contributed by atoms with Crippen molar-refractivity contribution in [2.75, 3.05) is 20.3 Å². The zero-order valence-corrected chi connectivity index (χ0v) is 18.3. The summed E-state index contributed by atoms with van der Waals surface area (Å²) in [5, 5.41) is 0. The normalized spacial score (nSPS) is 17.2. The van der Waals surface area contributed by atoms with Crippen LogP contribution >= 0.6 is 0 Å². The van der Waals surface area contributed by atoms with E-state index in [1.165, 1.54) is 26.5 Å². The molecule has 1 unspecified atom stereocenters. The maximum Gasteiger partial charge on any atom is 0.334 e. The van der Waals surface area contributed by atoms with Gasteiger partial charge >= 0.3 is 17.9 Å². The van der Waals surface area contributed by atoms with Crippen molar-refractivity contribution < 1.29 is 28.6 Å². The first-order chi connectivity index (χ1) is 12.5. The molecule has 0 aromatic carbocycles. The number of rotatable bonds is 8. The Labute approximate surface area is 162 Å². The van der Waals surface area contributed by atoms with Crippen molar-refractivity contribution in [2.45, 2.75) is 58.8 Å². The molecule has 0 N–H and O–H groups in total. The van der Waals surface area contributed by atoms with Gasteiger partial charge in [-0.15, -0.1) is 0 Å². The molecular weight excluding hydrogens is 364 g/mol. The van der Waals surface area contributed by atoms with Crippen LogP contribution < -0.4 is 0 Å². The quantitative estimate of drug-likeness (QED) is 0.270. The van der Waals surface area contributed by atoms with Gasteiger partial charge in [-0.3, -0.25) is 9.59 Å². The second kappa shape index (κ2) is 10.4. The van der Waals surface area contributed by atoms with E-state index in [0.29, 0.717) is 11.1 Å². The van der Waals surface area contributed by atoms with Crippen molar-refractivity contribution in [2.24, 2.45) is 5.92 Å². The van der Waals surface area contributed by atoms with Crippen LogP contribution in [0.1, 0.15) is 33.1 Å². The Kier molecular flexibility index (Phi) is 8.95. The van der Waals surface area contributed by atoms with Gasteiger partial charge in [-0.25, -0.2) is 4.79 Å². The van der Waals surface area contributed by atoms with Gasteiger partial charge in [0.1, 0.15) is 13.2 Å². The van der Waals surface area contributed by atoms with E-state index < -0.39 is 20.0 Å². The van der Waals surface area contributed by atoms with E-state index in [1.807, 2.05) is 6.08 Å². The number of carbonyl (C=O) groups excluding carboxylic acids is 3. The van der Waals surface area contributed by atoms with Crippen molar-refractivity contribution in [3.63, 3.8) is 0 Å². The molecule has 1 atom stereocenters. The number of ether oxygens (including phenoxy) is 3. The summed E-state index contributed by atoms with van der Waals surface area (Å²) in [5.74, 6) is -1.24. The van der Waals surface area contributed by atoms with Crippen molar-refractivity contribution in [1.29, 1.82) is 0 Å². The third kappa shape index (κ3) is 8.56. The summed E-state index contributed by atoms with van der Waals surface area (Å²) >= 11 is 0. The largest absolute Gasteiger partial charge is 0.466 e. The van der Waals surface area contributed by atoms with Crippen LogP contribution in [0.4, 0.5) is 0 Å². The van der Waals surface area contributed by atoms with Crippen molar-refractivity contribution in [3.05, 3.63) is 22.8 Å². The van der Waals surface area contributed by atoms with Crippen molar-refractivity contribution in [1.82, 2.24) is 0 Å². The maximum absolute atomic E-state index is 12.5. The first kappa shape index (κ1) is 23.1. The summed E-state index contributed by atoms with van der Waals surface area (Å²) in [6.45, 7) is 9.57. The third-order valence-corrected chi connectivity index (χ3v) is 5.74. The lowest BCUT2D eigenvalue weighted by atomic mass is 9.82. The summed E-state index contributed by atoms with van der Waals surface area (Å²) in [4.78, 5) is 34.9. The predicted molar refractivity (Wildman–Crippen MR) is 106 cm³/mol. The number of hydrogen-bond acceptors (Lipinski definition) is 6. The molecule has 0 aromatic rings. The van der Waals surface area contributed by atoms with Crippen LogP contribution in [0.2, 0.25) is 25.7 Å². The maximum atomic E-state index is 12.5. The second-order valence-corrected chi connectivity index (χ2v) is 13.6. The van der Waals surface area contributed by atoms with Crippen LogP contribution in [0.3, 0.4) is 0 Å². The Morgan fingerprint density at radius 3 is 2.07 bits per heavy atom. The Bertz CT molecular complexity index is 607. The molecule has 0 aliphatic heterocycles. The van der Waals surface area contributed by atoms with Gasteiger partial charge in [0.05, 0.1) is 7.11 Å². The van der Waals surface area contributed by atoms with Crippen LogP contribution in [0.5, 0.6) is 0 Å². The molecule has 0 amide bonds. The number of carbonyl (C=O) groups is 3. The molecule has 0 heterocycles. The molecule has 0 fully saturated rings. The lowest BCUT2D eigenvalue weighted by Gasteiger charge is -2.29. The molecule has 152 valence electrons. The van der Waals surface area contributed by atoms with Gasteiger partial charge in [-0.2, -0.15) is 0 Å². The number of hydrogen-bond donors (Lipinski definition) is 0. The van der Waals surface area contributed by atoms with Crippen LogP contribution in [-0.4, -0.2) is 46.3 Å². The average Bonchev–Trinajstić information content (AvgIpc) is 2.55. The molecule has 0 bridgehead atoms. The first-order valence-corrected chi connectivity index (χ1v) is 13.0. The van der Waals surface area contributed by atoms with E-state index in [9.17, 15) is 14.4 Å². The molecule has 7 heteroatoms. The number of methoxy groups -OCH3 is 1. The van der Waals surface area contributed by atoms with Crippen LogP contribution in [-0.2, 0) is 28.6 Å². The number of esters is 3. The van der Waals surface area contributed by atoms with Crippen LogP contribution in [0, 0.1) is 5.92 Å². The van der Waals surface area contributed by atoms with Crippen molar-refractivity contribution >= 4 is 26.0 Å². The second-order valence-electron chi connectivity index (χ2n) is 8.13. The Balaban J connectivity index is 3.22. The Morgan fingerprint density at radius 2 is 1.63 bits per heavy atom. The fourth-order valence-electron chi connectivity index (χ4n) is 3.28. The van der Waals surface area contributed by atoms with Crippen LogP contribution in [0.15, 0.2) is 22.8 Å². The fourth-order valence-corrected chi connectivity index (χ4v) is 4.93. The van der Waals surface area contributed by atoms with Crippen LogP contribution in [0.25, 0.3) is 0 Å². The van der Waals surface area contributed by atoms with Crippen molar-refractivity contribution in [3.8, 4) is 0 Å². The van der Waals surface area contributed by atoms with E-state index in [0.717, 1.165) is 25.3 Å². The fraction of sp³-hybridized carbons (Fsp3) is 0.650. The highest BCUT2D eigenvalue weighted by molar-refractivity contribution is 6.76. The first-order valence-electron chi connectivity index (χ1n) is 9.30. The molecular formula is C20H32O6Si. The molecule has 0 radical (unpaired) electrons. The zero-order chi connectivity index (χ0) is 20.6. The molecule has 6 nitrogen and oxygen atoms in total. The van der Waals surface area contributed by atoms with Gasteiger partial charge in [0.15, 0.2) is 0 Å². The Hall–Kier alpha value is -1.89. The minimum absolute atomic E-state index is 0.0386. The van der Waals surface area contributed by atoms with E-state index in [-0.39, 0.29) is 25.1 Å². The van der Waals surface area contributed by atoms with E-state index in [1.54, 1.807) is 0 Å². The molecule has 1 aliphatic rings. The molecule has 0 spiro atoms. The summed E-state index contributed by atoms with van der Waals surface area (Å²) in [5.41, 5.74) is 2.56. The highest BCUT2D eigenvalue weighted by Gasteiger charge is 2.30. The minimum Gasteiger partial charge on any atom is -0.466 e. The zero-order valence-electron chi connectivity index (χ0n) is 17.3. The molecule has 0 saturated carbocycles. The molecule has 27 heavy (non-hydrogen) atoms. The van der Waals surface area contributed by atoms with E-state index >= 15 is 0 Å². The lowest BCUT2D eigenvalue weighted by Crippen LogP contribution is -2.26. The average molecular weight is 397 g/mol. The monoisotopic (exact) mass is 396 g/mol. The summed E-state index contributed by atoms with van der Waals surface area (Å²) in [6, 6.07) is 0.949. The van der Waals surface area contributed by atoms with Gasteiger partial charge in [-0.05, 0) is 25.3 Å². The standard InChI is InChI=1S/C20H32O6Si/c1-14(21)25-11-16(12-26-15(2)22)10-17-8-7-9-18(13-27(4,5)6)19(17)20(23)24-3/h10,17H,7-9,11-13H2,1-6H3. The highest BCUT2D eigenvalue weighted by atomic mass is 28.3. The topological polar surface area (TPSA) is 78.9 Å². The summed E-state index contributed by atoms with van der Waals surface area (Å²) in [7, 11) is -0.00152. The molecule has 0 saturated heterocycles. The SMILES string of the molecule is COC(=O)C1=C(C[Si](C)(C)C)CCCC1C=C(COC(C)=O)COC(C)=O.